The largest absolute Gasteiger partial charge is 0.357 e. The third-order valence-electron chi connectivity index (χ3n) is 5.38. The average Bonchev–Trinajstić information content (AvgIpc) is 3.36. The van der Waals surface area contributed by atoms with Crippen molar-refractivity contribution in [2.75, 3.05) is 36.0 Å². The number of rotatable bonds is 6. The van der Waals surface area contributed by atoms with Crippen molar-refractivity contribution in [2.24, 2.45) is 5.92 Å². The first-order valence-electron chi connectivity index (χ1n) is 10.0. The smallest absolute Gasteiger partial charge is 0.323 e. The molecule has 8 nitrogen and oxygen atoms in total. The molecule has 4 rings (SSSR count). The summed E-state index contributed by atoms with van der Waals surface area (Å²) in [7, 11) is 0. The lowest BCUT2D eigenvalue weighted by molar-refractivity contribution is -0.120. The van der Waals surface area contributed by atoms with Gasteiger partial charge in [0.1, 0.15) is 5.82 Å². The molecule has 0 spiro atoms. The van der Waals surface area contributed by atoms with Crippen LogP contribution in [0.1, 0.15) is 31.0 Å². The van der Waals surface area contributed by atoms with E-state index >= 15 is 0 Å². The zero-order valence-corrected chi connectivity index (χ0v) is 17.4. The van der Waals surface area contributed by atoms with Crippen LogP contribution in [0, 0.1) is 5.92 Å². The molecule has 0 radical (unpaired) electrons. The number of nitrogens with one attached hydrogen (secondary N) is 2. The summed E-state index contributed by atoms with van der Waals surface area (Å²) in [6.07, 6.45) is 4.45. The first kappa shape index (κ1) is 19.6. The Kier molecular flexibility index (Phi) is 5.94. The van der Waals surface area contributed by atoms with Gasteiger partial charge in [0.2, 0.25) is 5.91 Å². The molecule has 154 valence electrons. The number of thiazole rings is 1. The van der Waals surface area contributed by atoms with Crippen LogP contribution >= 0.6 is 11.3 Å². The number of amides is 3. The molecule has 4 heterocycles. The molecule has 0 saturated carbocycles. The van der Waals surface area contributed by atoms with Crippen LogP contribution < -0.4 is 20.4 Å². The van der Waals surface area contributed by atoms with Gasteiger partial charge in [-0.1, -0.05) is 13.0 Å². The molecule has 2 fully saturated rings. The Morgan fingerprint density at radius 2 is 2.14 bits per heavy atom. The van der Waals surface area contributed by atoms with E-state index in [1.54, 1.807) is 4.90 Å². The molecule has 0 unspecified atom stereocenters. The minimum atomic E-state index is -0.134. The molecule has 2 aliphatic heterocycles. The van der Waals surface area contributed by atoms with Gasteiger partial charge in [0, 0.05) is 44.3 Å². The number of nitrogens with zero attached hydrogens (tertiary/aromatic N) is 4. The van der Waals surface area contributed by atoms with E-state index in [1.807, 2.05) is 23.7 Å². The Hall–Kier alpha value is -2.68. The van der Waals surface area contributed by atoms with Crippen molar-refractivity contribution in [3.05, 3.63) is 35.0 Å². The summed E-state index contributed by atoms with van der Waals surface area (Å²) in [5.74, 6) is 1.71. The average molecular weight is 415 g/mol. The van der Waals surface area contributed by atoms with Gasteiger partial charge < -0.3 is 15.5 Å². The Morgan fingerprint density at radius 3 is 2.83 bits per heavy atom. The predicted octanol–water partition coefficient (Wildman–Crippen LogP) is 2.16. The van der Waals surface area contributed by atoms with E-state index in [9.17, 15) is 9.59 Å². The molecule has 2 N–H and O–H groups in total. The highest BCUT2D eigenvalue weighted by atomic mass is 32.1. The van der Waals surface area contributed by atoms with Gasteiger partial charge in [0.25, 0.3) is 0 Å². The van der Waals surface area contributed by atoms with E-state index in [2.05, 4.69) is 32.4 Å². The van der Waals surface area contributed by atoms with Crippen molar-refractivity contribution in [2.45, 2.75) is 32.7 Å². The van der Waals surface area contributed by atoms with Gasteiger partial charge in [-0.25, -0.2) is 14.8 Å². The van der Waals surface area contributed by atoms with Crippen molar-refractivity contribution in [1.82, 2.24) is 20.6 Å². The van der Waals surface area contributed by atoms with Gasteiger partial charge in [-0.2, -0.15) is 0 Å². The molecule has 2 aromatic heterocycles. The van der Waals surface area contributed by atoms with Crippen LogP contribution in [0.2, 0.25) is 0 Å². The number of piperidine rings is 1. The van der Waals surface area contributed by atoms with Gasteiger partial charge in [-0.3, -0.25) is 9.69 Å². The number of carbonyl (C=O) groups excluding carboxylic acids is 2. The van der Waals surface area contributed by atoms with Gasteiger partial charge >= 0.3 is 6.03 Å². The van der Waals surface area contributed by atoms with Crippen LogP contribution in [0.5, 0.6) is 0 Å². The molecule has 2 aromatic rings. The molecule has 0 atom stereocenters. The fourth-order valence-corrected chi connectivity index (χ4v) is 4.38. The predicted molar refractivity (Wildman–Crippen MR) is 113 cm³/mol. The third-order valence-corrected chi connectivity index (χ3v) is 6.29. The summed E-state index contributed by atoms with van der Waals surface area (Å²) in [5.41, 5.74) is 1.65. The Balaban J connectivity index is 1.25. The molecular formula is C20H26N6O2S. The maximum Gasteiger partial charge on any atom is 0.323 e. The van der Waals surface area contributed by atoms with Crippen LogP contribution in [0.4, 0.5) is 15.7 Å². The minimum absolute atomic E-state index is 0.0955. The van der Waals surface area contributed by atoms with E-state index in [0.717, 1.165) is 30.4 Å². The number of pyridine rings is 1. The van der Waals surface area contributed by atoms with Crippen molar-refractivity contribution < 1.29 is 9.59 Å². The molecule has 2 saturated heterocycles. The molecule has 2 aliphatic rings. The molecule has 29 heavy (non-hydrogen) atoms. The quantitative estimate of drug-likeness (QED) is 0.756. The van der Waals surface area contributed by atoms with E-state index in [4.69, 9.17) is 0 Å². The number of anilines is 2. The van der Waals surface area contributed by atoms with Crippen LogP contribution in [0.15, 0.2) is 23.7 Å². The summed E-state index contributed by atoms with van der Waals surface area (Å²) >= 11 is 1.38. The Labute approximate surface area is 174 Å². The van der Waals surface area contributed by atoms with Crippen molar-refractivity contribution in [3.8, 4) is 0 Å². The maximum absolute atomic E-state index is 12.3. The first-order valence-corrected chi connectivity index (χ1v) is 10.9. The lowest BCUT2D eigenvalue weighted by Crippen LogP contribution is -2.33. The summed E-state index contributed by atoms with van der Waals surface area (Å²) in [5, 5.41) is 8.13. The van der Waals surface area contributed by atoms with Gasteiger partial charge in [0.05, 0.1) is 12.1 Å². The summed E-state index contributed by atoms with van der Waals surface area (Å²) < 4.78 is 0. The topological polar surface area (TPSA) is 90.5 Å². The number of aromatic nitrogens is 2. The molecule has 0 aromatic carbocycles. The standard InChI is InChI=1S/C20H26N6O2S/c1-14-4-7-25(8-5-14)17-3-2-15(11-22-17)12-23-18(27)10-16-13-29-20(24-16)26-9-6-21-19(26)28/h2-3,11,13-14H,4-10,12H2,1H3,(H,21,28)(H,23,27). The van der Waals surface area contributed by atoms with Crippen LogP contribution in [0.3, 0.4) is 0 Å². The maximum atomic E-state index is 12.3. The molecule has 0 bridgehead atoms. The third kappa shape index (κ3) is 4.84. The fourth-order valence-electron chi connectivity index (χ4n) is 3.53. The first-order chi connectivity index (χ1) is 14.1. The lowest BCUT2D eigenvalue weighted by Gasteiger charge is -2.31. The number of urea groups is 1. The van der Waals surface area contributed by atoms with Crippen LogP contribution in [-0.2, 0) is 17.8 Å². The van der Waals surface area contributed by atoms with E-state index < -0.39 is 0 Å². The van der Waals surface area contributed by atoms with Crippen molar-refractivity contribution in [3.63, 3.8) is 0 Å². The highest BCUT2D eigenvalue weighted by Gasteiger charge is 2.24. The fraction of sp³-hybridized carbons (Fsp3) is 0.500. The second-order valence-corrected chi connectivity index (χ2v) is 8.49. The zero-order valence-electron chi connectivity index (χ0n) is 16.6. The summed E-state index contributed by atoms with van der Waals surface area (Å²) in [6.45, 7) is 6.08. The highest BCUT2D eigenvalue weighted by Crippen LogP contribution is 2.23. The molecular weight excluding hydrogens is 388 g/mol. The van der Waals surface area contributed by atoms with E-state index in [1.165, 1.54) is 24.2 Å². The minimum Gasteiger partial charge on any atom is -0.357 e. The Morgan fingerprint density at radius 1 is 1.31 bits per heavy atom. The zero-order chi connectivity index (χ0) is 20.2. The summed E-state index contributed by atoms with van der Waals surface area (Å²) in [6, 6.07) is 3.92. The van der Waals surface area contributed by atoms with E-state index in [-0.39, 0.29) is 18.4 Å². The van der Waals surface area contributed by atoms with E-state index in [0.29, 0.717) is 30.5 Å². The lowest BCUT2D eigenvalue weighted by atomic mass is 9.99. The van der Waals surface area contributed by atoms with Gasteiger partial charge in [-0.05, 0) is 30.4 Å². The second-order valence-electron chi connectivity index (χ2n) is 7.65. The highest BCUT2D eigenvalue weighted by molar-refractivity contribution is 7.14. The second kappa shape index (κ2) is 8.77. The van der Waals surface area contributed by atoms with Crippen molar-refractivity contribution >= 4 is 34.2 Å². The monoisotopic (exact) mass is 414 g/mol. The van der Waals surface area contributed by atoms with Gasteiger partial charge in [0.15, 0.2) is 5.13 Å². The van der Waals surface area contributed by atoms with Crippen LogP contribution in [0.25, 0.3) is 0 Å². The van der Waals surface area contributed by atoms with Crippen molar-refractivity contribution in [1.29, 1.82) is 0 Å². The molecule has 9 heteroatoms. The molecule has 0 aliphatic carbocycles. The Bertz CT molecular complexity index is 860. The SMILES string of the molecule is CC1CCN(c2ccc(CNC(=O)Cc3csc(N4CCNC4=O)n3)cn2)CC1. The normalized spacial score (nSPS) is 17.5. The van der Waals surface area contributed by atoms with Crippen LogP contribution in [-0.4, -0.2) is 48.1 Å². The molecule has 3 amide bonds. The number of hydrogen-bond acceptors (Lipinski definition) is 6. The number of carbonyl (C=O) groups is 2. The van der Waals surface area contributed by atoms with Gasteiger partial charge in [-0.15, -0.1) is 11.3 Å². The summed E-state index contributed by atoms with van der Waals surface area (Å²) in [4.78, 5) is 36.9. The number of hydrogen-bond donors (Lipinski definition) is 2.